The molecule has 0 atom stereocenters. The molecule has 0 spiro atoms. The first-order valence-electron chi connectivity index (χ1n) is 5.73. The number of carbonyl (C=O) groups is 1. The molecule has 0 saturated heterocycles. The highest BCUT2D eigenvalue weighted by molar-refractivity contribution is 7.99. The summed E-state index contributed by atoms with van der Waals surface area (Å²) >= 11 is 1.75. The van der Waals surface area contributed by atoms with Crippen molar-refractivity contribution in [3.05, 3.63) is 35.4 Å². The third kappa shape index (κ3) is 4.84. The maximum absolute atomic E-state index is 11.7. The minimum Gasteiger partial charge on any atom is -0.298 e. The van der Waals surface area contributed by atoms with Crippen LogP contribution in [0.2, 0.25) is 0 Å². The second-order valence-corrected chi connectivity index (χ2v) is 5.58. The van der Waals surface area contributed by atoms with Gasteiger partial charge in [0.25, 0.3) is 0 Å². The number of hydrogen-bond acceptors (Lipinski definition) is 2. The van der Waals surface area contributed by atoms with E-state index in [0.29, 0.717) is 23.9 Å². The summed E-state index contributed by atoms with van der Waals surface area (Å²) in [6.45, 7) is 6.42. The van der Waals surface area contributed by atoms with E-state index in [4.69, 9.17) is 0 Å². The molecule has 0 aliphatic rings. The van der Waals surface area contributed by atoms with Crippen LogP contribution in [0.15, 0.2) is 24.3 Å². The smallest absolute Gasteiger partial charge is 0.147 e. The van der Waals surface area contributed by atoms with Crippen LogP contribution >= 0.6 is 11.8 Å². The van der Waals surface area contributed by atoms with Gasteiger partial charge in [-0.1, -0.05) is 38.1 Å². The fourth-order valence-corrected chi connectivity index (χ4v) is 2.40. The van der Waals surface area contributed by atoms with Crippen molar-refractivity contribution in [3.63, 3.8) is 0 Å². The Bertz CT molecular complexity index is 344. The fraction of sp³-hybridized carbons (Fsp3) is 0.500. The minimum absolute atomic E-state index is 0.333. The van der Waals surface area contributed by atoms with Gasteiger partial charge in [-0.05, 0) is 29.7 Å². The molecule has 88 valence electrons. The summed E-state index contributed by atoms with van der Waals surface area (Å²) in [6.07, 6.45) is 0.581. The van der Waals surface area contributed by atoms with Gasteiger partial charge in [0.15, 0.2) is 0 Å². The SMILES string of the molecule is Cc1ccccc1CC(=O)CSCC(C)C. The number of Topliss-reactive ketones (excluding diaryl/α,β-unsaturated/α-hetero) is 1. The first-order valence-corrected chi connectivity index (χ1v) is 6.89. The van der Waals surface area contributed by atoms with E-state index < -0.39 is 0 Å². The molecule has 0 bridgehead atoms. The first-order chi connectivity index (χ1) is 7.59. The predicted octanol–water partition coefficient (Wildman–Crippen LogP) is 3.50. The Morgan fingerprint density at radius 2 is 2.00 bits per heavy atom. The lowest BCUT2D eigenvalue weighted by Gasteiger charge is -2.06. The van der Waals surface area contributed by atoms with E-state index in [2.05, 4.69) is 26.8 Å². The van der Waals surface area contributed by atoms with Crippen molar-refractivity contribution in [1.29, 1.82) is 0 Å². The molecule has 0 saturated carbocycles. The molecule has 0 amide bonds. The van der Waals surface area contributed by atoms with Gasteiger partial charge in [-0.3, -0.25) is 4.79 Å². The number of aryl methyl sites for hydroxylation is 1. The van der Waals surface area contributed by atoms with Crippen molar-refractivity contribution >= 4 is 17.5 Å². The summed E-state index contributed by atoms with van der Waals surface area (Å²) in [6, 6.07) is 8.11. The third-order valence-corrected chi connectivity index (χ3v) is 3.79. The van der Waals surface area contributed by atoms with Gasteiger partial charge in [0.05, 0.1) is 5.75 Å². The molecule has 0 N–H and O–H groups in total. The van der Waals surface area contributed by atoms with Crippen LogP contribution in [-0.4, -0.2) is 17.3 Å². The zero-order valence-corrected chi connectivity index (χ0v) is 11.1. The zero-order valence-electron chi connectivity index (χ0n) is 10.3. The third-order valence-electron chi connectivity index (χ3n) is 2.36. The number of ketones is 1. The van der Waals surface area contributed by atoms with Gasteiger partial charge in [-0.15, -0.1) is 0 Å². The van der Waals surface area contributed by atoms with Crippen LogP contribution in [0.4, 0.5) is 0 Å². The second kappa shape index (κ2) is 6.74. The van der Waals surface area contributed by atoms with Gasteiger partial charge >= 0.3 is 0 Å². The standard InChI is InChI=1S/C14H20OS/c1-11(2)9-16-10-14(15)8-13-7-5-4-6-12(13)3/h4-7,11H,8-10H2,1-3H3. The Morgan fingerprint density at radius 1 is 1.31 bits per heavy atom. The zero-order chi connectivity index (χ0) is 12.0. The molecule has 16 heavy (non-hydrogen) atoms. The number of rotatable bonds is 6. The van der Waals surface area contributed by atoms with Crippen LogP contribution in [0.1, 0.15) is 25.0 Å². The highest BCUT2D eigenvalue weighted by Gasteiger charge is 2.06. The highest BCUT2D eigenvalue weighted by atomic mass is 32.2. The van der Waals surface area contributed by atoms with Crippen LogP contribution in [0.5, 0.6) is 0 Å². The Hall–Kier alpha value is -0.760. The lowest BCUT2D eigenvalue weighted by molar-refractivity contribution is -0.116. The topological polar surface area (TPSA) is 17.1 Å². The molecular weight excluding hydrogens is 216 g/mol. The average Bonchev–Trinajstić information content (AvgIpc) is 2.21. The second-order valence-electron chi connectivity index (χ2n) is 4.55. The molecule has 1 aromatic carbocycles. The summed E-state index contributed by atoms with van der Waals surface area (Å²) in [5.74, 6) is 2.71. The number of thioether (sulfide) groups is 1. The van der Waals surface area contributed by atoms with Crippen LogP contribution in [0, 0.1) is 12.8 Å². The van der Waals surface area contributed by atoms with Gasteiger partial charge in [0.1, 0.15) is 5.78 Å². The van der Waals surface area contributed by atoms with E-state index in [0.717, 1.165) is 11.3 Å². The molecule has 1 aromatic rings. The molecule has 0 heterocycles. The van der Waals surface area contributed by atoms with Crippen LogP contribution in [0.25, 0.3) is 0 Å². The summed E-state index contributed by atoms with van der Waals surface area (Å²) in [4.78, 5) is 11.7. The predicted molar refractivity (Wildman–Crippen MR) is 72.1 cm³/mol. The maximum Gasteiger partial charge on any atom is 0.147 e. The monoisotopic (exact) mass is 236 g/mol. The Morgan fingerprint density at radius 3 is 2.62 bits per heavy atom. The van der Waals surface area contributed by atoms with E-state index in [1.807, 2.05) is 18.2 Å². The van der Waals surface area contributed by atoms with Crippen molar-refractivity contribution in [2.24, 2.45) is 5.92 Å². The van der Waals surface area contributed by atoms with E-state index in [9.17, 15) is 4.79 Å². The average molecular weight is 236 g/mol. The van der Waals surface area contributed by atoms with Gasteiger partial charge in [-0.2, -0.15) is 11.8 Å². The van der Waals surface area contributed by atoms with E-state index in [-0.39, 0.29) is 0 Å². The van der Waals surface area contributed by atoms with E-state index >= 15 is 0 Å². The Balaban J connectivity index is 2.37. The van der Waals surface area contributed by atoms with Crippen molar-refractivity contribution in [2.45, 2.75) is 27.2 Å². The lowest BCUT2D eigenvalue weighted by atomic mass is 10.0. The number of benzene rings is 1. The summed E-state index contributed by atoms with van der Waals surface area (Å²) < 4.78 is 0. The summed E-state index contributed by atoms with van der Waals surface area (Å²) in [5.41, 5.74) is 2.38. The molecule has 0 aliphatic heterocycles. The van der Waals surface area contributed by atoms with Crippen molar-refractivity contribution in [3.8, 4) is 0 Å². The fourth-order valence-electron chi connectivity index (χ4n) is 1.48. The maximum atomic E-state index is 11.7. The van der Waals surface area contributed by atoms with Crippen LogP contribution in [-0.2, 0) is 11.2 Å². The lowest BCUT2D eigenvalue weighted by Crippen LogP contribution is -2.08. The van der Waals surface area contributed by atoms with E-state index in [1.165, 1.54) is 5.56 Å². The molecule has 1 nitrogen and oxygen atoms in total. The van der Waals surface area contributed by atoms with Gasteiger partial charge in [-0.25, -0.2) is 0 Å². The summed E-state index contributed by atoms with van der Waals surface area (Å²) in [7, 11) is 0. The van der Waals surface area contributed by atoms with Crippen molar-refractivity contribution in [1.82, 2.24) is 0 Å². The highest BCUT2D eigenvalue weighted by Crippen LogP contribution is 2.12. The van der Waals surface area contributed by atoms with Gasteiger partial charge in [0.2, 0.25) is 0 Å². The number of carbonyl (C=O) groups excluding carboxylic acids is 1. The number of hydrogen-bond donors (Lipinski definition) is 0. The van der Waals surface area contributed by atoms with Crippen molar-refractivity contribution in [2.75, 3.05) is 11.5 Å². The largest absolute Gasteiger partial charge is 0.298 e. The minimum atomic E-state index is 0.333. The molecule has 0 unspecified atom stereocenters. The van der Waals surface area contributed by atoms with Gasteiger partial charge in [0, 0.05) is 6.42 Å². The Kier molecular flexibility index (Phi) is 5.61. The molecule has 0 fully saturated rings. The van der Waals surface area contributed by atoms with Crippen LogP contribution in [0.3, 0.4) is 0 Å². The summed E-state index contributed by atoms with van der Waals surface area (Å²) in [5, 5.41) is 0. The molecule has 0 aromatic heterocycles. The Labute approximate surface area is 103 Å². The first kappa shape index (κ1) is 13.3. The molecule has 2 heteroatoms. The normalized spacial score (nSPS) is 10.8. The molecule has 0 radical (unpaired) electrons. The molecule has 0 aliphatic carbocycles. The molecular formula is C14H20OS. The van der Waals surface area contributed by atoms with E-state index in [1.54, 1.807) is 11.8 Å². The quantitative estimate of drug-likeness (QED) is 0.752. The molecule has 1 rings (SSSR count). The van der Waals surface area contributed by atoms with Crippen molar-refractivity contribution < 1.29 is 4.79 Å². The van der Waals surface area contributed by atoms with Gasteiger partial charge < -0.3 is 0 Å². The van der Waals surface area contributed by atoms with Crippen LogP contribution < -0.4 is 0 Å².